The van der Waals surface area contributed by atoms with Crippen LogP contribution in [0, 0.1) is 0 Å². The summed E-state index contributed by atoms with van der Waals surface area (Å²) in [7, 11) is 1.05. The number of aryl methyl sites for hydroxylation is 2. The first-order valence-corrected chi connectivity index (χ1v) is 12.0. The lowest BCUT2D eigenvalue weighted by molar-refractivity contribution is 0.413. The second kappa shape index (κ2) is 10.2. The smallest absolute Gasteiger partial charge is 0.345 e. The molecule has 0 aromatic carbocycles. The van der Waals surface area contributed by atoms with Crippen LogP contribution < -0.4 is 16.3 Å². The molecule has 0 bridgehead atoms. The van der Waals surface area contributed by atoms with Gasteiger partial charge in [0.1, 0.15) is 5.82 Å². The maximum absolute atomic E-state index is 12.4. The van der Waals surface area contributed by atoms with Crippen LogP contribution in [-0.4, -0.2) is 55.2 Å². The van der Waals surface area contributed by atoms with Crippen LogP contribution in [0.25, 0.3) is 0 Å². The first-order valence-electron chi connectivity index (χ1n) is 10.6. The van der Waals surface area contributed by atoms with Gasteiger partial charge in [-0.2, -0.15) is 5.10 Å². The normalized spacial score (nSPS) is 23.9. The van der Waals surface area contributed by atoms with Crippen molar-refractivity contribution in [2.24, 2.45) is 4.99 Å². The minimum absolute atomic E-state index is 0.0226. The third-order valence-electron chi connectivity index (χ3n) is 5.72. The molecule has 3 rings (SSSR count). The van der Waals surface area contributed by atoms with Crippen LogP contribution in [0.15, 0.2) is 9.79 Å². The summed E-state index contributed by atoms with van der Waals surface area (Å²) in [5, 5.41) is 11.6. The lowest BCUT2D eigenvalue weighted by Gasteiger charge is -2.30. The van der Waals surface area contributed by atoms with E-state index in [2.05, 4.69) is 20.7 Å². The van der Waals surface area contributed by atoms with E-state index in [0.717, 1.165) is 82.0 Å². The van der Waals surface area contributed by atoms with Crippen LogP contribution in [0.5, 0.6) is 0 Å². The van der Waals surface area contributed by atoms with Gasteiger partial charge in [-0.3, -0.25) is 13.8 Å². The third-order valence-corrected chi connectivity index (χ3v) is 7.46. The second-order valence-corrected chi connectivity index (χ2v) is 9.69. The Morgan fingerprint density at radius 1 is 1.32 bits per heavy atom. The maximum Gasteiger partial charge on any atom is 0.345 e. The second-order valence-electron chi connectivity index (χ2n) is 7.68. The Bertz CT molecular complexity index is 756. The van der Waals surface area contributed by atoms with E-state index in [4.69, 9.17) is 0 Å². The number of guanidine groups is 1. The first-order chi connectivity index (χ1) is 13.6. The van der Waals surface area contributed by atoms with Gasteiger partial charge in [0.25, 0.3) is 0 Å². The highest BCUT2D eigenvalue weighted by atomic mass is 32.2. The number of rotatable bonds is 7. The molecule has 158 valence electrons. The van der Waals surface area contributed by atoms with Crippen molar-refractivity contribution < 1.29 is 4.21 Å². The van der Waals surface area contributed by atoms with Crippen molar-refractivity contribution in [2.45, 2.75) is 82.7 Å². The van der Waals surface area contributed by atoms with E-state index in [1.165, 1.54) is 0 Å². The molecule has 3 atom stereocenters. The highest BCUT2D eigenvalue weighted by molar-refractivity contribution is 7.85. The van der Waals surface area contributed by atoms with E-state index in [-0.39, 0.29) is 5.69 Å². The van der Waals surface area contributed by atoms with Gasteiger partial charge in [0.2, 0.25) is 0 Å². The summed E-state index contributed by atoms with van der Waals surface area (Å²) in [5.74, 6) is 2.45. The molecular formula is C19H34N6O2S. The minimum atomic E-state index is -0.720. The van der Waals surface area contributed by atoms with Gasteiger partial charge in [0.15, 0.2) is 5.96 Å². The number of aliphatic imine (C=N–C) groups is 1. The molecule has 1 fully saturated rings. The van der Waals surface area contributed by atoms with Crippen molar-refractivity contribution >= 4 is 16.8 Å². The summed E-state index contributed by atoms with van der Waals surface area (Å²) < 4.78 is 15.5. The molecule has 0 saturated heterocycles. The molecule has 0 amide bonds. The maximum atomic E-state index is 12.4. The molecule has 1 aliphatic heterocycles. The topological polar surface area (TPSA) is 93.3 Å². The standard InChI is InChI=1S/C19H34N6O2S/c1-3-28(27)16-9-6-8-15(14-16)22-18(20-2)21-11-7-13-25-19(26)24-12-5-4-10-17(24)23-25/h15-16H,3-14H2,1-2H3,(H2,20,21,22). The molecule has 2 aliphatic rings. The van der Waals surface area contributed by atoms with Crippen molar-refractivity contribution in [1.82, 2.24) is 25.0 Å². The number of fused-ring (bicyclic) bond motifs is 1. The molecule has 0 radical (unpaired) electrons. The fourth-order valence-corrected chi connectivity index (χ4v) is 5.52. The van der Waals surface area contributed by atoms with Crippen molar-refractivity contribution in [3.05, 3.63) is 16.3 Å². The SMILES string of the molecule is CCS(=O)C1CCCC(NC(=NC)NCCCn2nc3n(c2=O)CCCC3)C1. The Balaban J connectivity index is 1.43. The van der Waals surface area contributed by atoms with Crippen molar-refractivity contribution in [2.75, 3.05) is 19.3 Å². The Kier molecular flexibility index (Phi) is 7.70. The van der Waals surface area contributed by atoms with Crippen LogP contribution >= 0.6 is 0 Å². The lowest BCUT2D eigenvalue weighted by atomic mass is 9.95. The number of nitrogens with one attached hydrogen (secondary N) is 2. The van der Waals surface area contributed by atoms with Crippen LogP contribution in [0.4, 0.5) is 0 Å². The highest BCUT2D eigenvalue weighted by Gasteiger charge is 2.26. The van der Waals surface area contributed by atoms with Gasteiger partial charge in [0, 0.05) is 60.9 Å². The molecule has 3 unspecified atom stereocenters. The summed E-state index contributed by atoms with van der Waals surface area (Å²) in [6, 6.07) is 0.322. The van der Waals surface area contributed by atoms with Gasteiger partial charge in [0.05, 0.1) is 0 Å². The molecule has 28 heavy (non-hydrogen) atoms. The molecule has 1 saturated carbocycles. The minimum Gasteiger partial charge on any atom is -0.356 e. The molecule has 2 N–H and O–H groups in total. The van der Waals surface area contributed by atoms with Crippen molar-refractivity contribution in [3.8, 4) is 0 Å². The average molecular weight is 411 g/mol. The van der Waals surface area contributed by atoms with E-state index < -0.39 is 10.8 Å². The van der Waals surface area contributed by atoms with E-state index in [0.29, 0.717) is 17.8 Å². The zero-order chi connectivity index (χ0) is 19.9. The fraction of sp³-hybridized carbons (Fsp3) is 0.842. The molecule has 0 spiro atoms. The van der Waals surface area contributed by atoms with Crippen LogP contribution in [0.2, 0.25) is 0 Å². The monoisotopic (exact) mass is 410 g/mol. The highest BCUT2D eigenvalue weighted by Crippen LogP contribution is 2.22. The largest absolute Gasteiger partial charge is 0.356 e. The summed E-state index contributed by atoms with van der Waals surface area (Å²) >= 11 is 0. The third kappa shape index (κ3) is 5.24. The van der Waals surface area contributed by atoms with Crippen LogP contribution in [-0.2, 0) is 30.3 Å². The summed E-state index contributed by atoms with van der Waals surface area (Å²) in [6.07, 6.45) is 8.11. The van der Waals surface area contributed by atoms with Crippen LogP contribution in [0.1, 0.15) is 57.7 Å². The number of hydrogen-bond donors (Lipinski definition) is 2. The van der Waals surface area contributed by atoms with Crippen LogP contribution in [0.3, 0.4) is 0 Å². The molecule has 1 aromatic rings. The molecular weight excluding hydrogens is 376 g/mol. The van der Waals surface area contributed by atoms with Gasteiger partial charge in [-0.1, -0.05) is 13.3 Å². The van der Waals surface area contributed by atoms with Crippen molar-refractivity contribution in [3.63, 3.8) is 0 Å². The zero-order valence-electron chi connectivity index (χ0n) is 17.2. The van der Waals surface area contributed by atoms with Gasteiger partial charge in [-0.25, -0.2) is 9.48 Å². The predicted molar refractivity (Wildman–Crippen MR) is 113 cm³/mol. The molecule has 1 aliphatic carbocycles. The summed E-state index contributed by atoms with van der Waals surface area (Å²) in [5.41, 5.74) is 0.0226. The Hall–Kier alpha value is -1.64. The quantitative estimate of drug-likeness (QED) is 0.398. The van der Waals surface area contributed by atoms with Gasteiger partial charge in [-0.05, 0) is 38.5 Å². The van der Waals surface area contributed by atoms with Gasteiger partial charge < -0.3 is 10.6 Å². The number of nitrogens with zero attached hydrogens (tertiary/aromatic N) is 4. The Morgan fingerprint density at radius 2 is 2.18 bits per heavy atom. The summed E-state index contributed by atoms with van der Waals surface area (Å²) in [6.45, 7) is 4.14. The van der Waals surface area contributed by atoms with E-state index >= 15 is 0 Å². The Morgan fingerprint density at radius 3 is 2.93 bits per heavy atom. The van der Waals surface area contributed by atoms with Gasteiger partial charge >= 0.3 is 5.69 Å². The average Bonchev–Trinajstić information content (AvgIpc) is 3.05. The lowest BCUT2D eigenvalue weighted by Crippen LogP contribution is -2.47. The zero-order valence-corrected chi connectivity index (χ0v) is 18.0. The van der Waals surface area contributed by atoms with Gasteiger partial charge in [-0.15, -0.1) is 0 Å². The molecule has 2 heterocycles. The van der Waals surface area contributed by atoms with E-state index in [1.54, 1.807) is 11.7 Å². The molecule has 8 nitrogen and oxygen atoms in total. The van der Waals surface area contributed by atoms with Crippen molar-refractivity contribution in [1.29, 1.82) is 0 Å². The molecule has 1 aromatic heterocycles. The first kappa shape index (κ1) is 21.1. The Labute approximate surface area is 169 Å². The van der Waals surface area contributed by atoms with E-state index in [1.807, 2.05) is 11.5 Å². The predicted octanol–water partition coefficient (Wildman–Crippen LogP) is 1.02. The molecule has 9 heteroatoms. The number of aromatic nitrogens is 3. The number of hydrogen-bond acceptors (Lipinski definition) is 4. The van der Waals surface area contributed by atoms with E-state index in [9.17, 15) is 9.00 Å². The summed E-state index contributed by atoms with van der Waals surface area (Å²) in [4.78, 5) is 16.7. The fourth-order valence-electron chi connectivity index (χ4n) is 4.17.